The van der Waals surface area contributed by atoms with Gasteiger partial charge in [-0.1, -0.05) is 35.5 Å². The maximum absolute atomic E-state index is 12.7. The van der Waals surface area contributed by atoms with Gasteiger partial charge in [-0.15, -0.1) is 11.3 Å². The number of benzene rings is 1. The van der Waals surface area contributed by atoms with E-state index in [4.69, 9.17) is 10.3 Å². The minimum atomic E-state index is -0.164. The molecule has 3 aromatic rings. The molecular weight excluding hydrogens is 336 g/mol. The fraction of sp³-hybridized carbons (Fsp3) is 0.278. The van der Waals surface area contributed by atoms with E-state index in [0.29, 0.717) is 11.3 Å². The van der Waals surface area contributed by atoms with Gasteiger partial charge >= 0.3 is 0 Å². The van der Waals surface area contributed by atoms with Crippen molar-refractivity contribution in [3.63, 3.8) is 0 Å². The van der Waals surface area contributed by atoms with Gasteiger partial charge in [0.15, 0.2) is 0 Å². The van der Waals surface area contributed by atoms with Crippen LogP contribution in [-0.2, 0) is 6.54 Å². The number of hydrogen-bond donors (Lipinski definition) is 1. The Morgan fingerprint density at radius 1 is 1.36 bits per heavy atom. The average Bonchev–Trinajstić information content (AvgIpc) is 3.27. The molecule has 130 valence electrons. The summed E-state index contributed by atoms with van der Waals surface area (Å²) in [5, 5.41) is 4.73. The van der Waals surface area contributed by atoms with Gasteiger partial charge in [0.05, 0.1) is 16.6 Å². The fourth-order valence-electron chi connectivity index (χ4n) is 2.62. The molecule has 0 fully saturated rings. The summed E-state index contributed by atoms with van der Waals surface area (Å²) in [7, 11) is 1.77. The van der Waals surface area contributed by atoms with Crippen LogP contribution in [0.2, 0.25) is 0 Å². The molecule has 0 aliphatic carbocycles. The monoisotopic (exact) mass is 356 g/mol. The SMILES string of the molecule is Cc1nc(-c2ccccc2)sc1C(C)N(C)C(=O)c1conc1CN. The van der Waals surface area contributed by atoms with Crippen LogP contribution in [-0.4, -0.2) is 28.0 Å². The average molecular weight is 356 g/mol. The van der Waals surface area contributed by atoms with E-state index in [1.54, 1.807) is 23.3 Å². The van der Waals surface area contributed by atoms with E-state index in [-0.39, 0.29) is 18.5 Å². The molecule has 0 spiro atoms. The molecule has 25 heavy (non-hydrogen) atoms. The fourth-order valence-corrected chi connectivity index (χ4v) is 3.79. The maximum Gasteiger partial charge on any atom is 0.259 e. The lowest BCUT2D eigenvalue weighted by molar-refractivity contribution is 0.0743. The summed E-state index contributed by atoms with van der Waals surface area (Å²) in [5.41, 5.74) is 8.49. The van der Waals surface area contributed by atoms with E-state index in [2.05, 4.69) is 10.1 Å². The number of carbonyl (C=O) groups is 1. The van der Waals surface area contributed by atoms with Crippen LogP contribution in [0.15, 0.2) is 41.1 Å². The maximum atomic E-state index is 12.7. The first-order valence-corrected chi connectivity index (χ1v) is 8.77. The van der Waals surface area contributed by atoms with Gasteiger partial charge in [-0.2, -0.15) is 0 Å². The zero-order valence-electron chi connectivity index (χ0n) is 14.4. The van der Waals surface area contributed by atoms with Gasteiger partial charge in [0.2, 0.25) is 0 Å². The molecule has 1 amide bonds. The molecule has 0 saturated heterocycles. The Morgan fingerprint density at radius 3 is 2.76 bits per heavy atom. The van der Waals surface area contributed by atoms with Crippen LogP contribution in [0.5, 0.6) is 0 Å². The predicted octanol–water partition coefficient (Wildman–Crippen LogP) is 3.40. The highest BCUT2D eigenvalue weighted by Gasteiger charge is 2.26. The van der Waals surface area contributed by atoms with E-state index in [0.717, 1.165) is 21.1 Å². The van der Waals surface area contributed by atoms with Gasteiger partial charge in [0, 0.05) is 19.2 Å². The number of nitrogens with zero attached hydrogens (tertiary/aromatic N) is 3. The minimum absolute atomic E-state index is 0.122. The highest BCUT2D eigenvalue weighted by molar-refractivity contribution is 7.15. The summed E-state index contributed by atoms with van der Waals surface area (Å²) in [6, 6.07) is 9.91. The van der Waals surface area contributed by atoms with Crippen molar-refractivity contribution < 1.29 is 9.32 Å². The van der Waals surface area contributed by atoms with E-state index in [1.807, 2.05) is 44.2 Å². The number of hydrogen-bond acceptors (Lipinski definition) is 6. The Kier molecular flexibility index (Phi) is 4.96. The topological polar surface area (TPSA) is 85.2 Å². The molecule has 2 heterocycles. The van der Waals surface area contributed by atoms with E-state index < -0.39 is 0 Å². The van der Waals surface area contributed by atoms with Crippen molar-refractivity contribution in [2.45, 2.75) is 26.4 Å². The first kappa shape index (κ1) is 17.3. The normalized spacial score (nSPS) is 12.2. The standard InChI is InChI=1S/C18H20N4O2S/c1-11-16(25-17(20-11)13-7-5-4-6-8-13)12(2)22(3)18(23)14-10-24-21-15(14)9-19/h4-8,10,12H,9,19H2,1-3H3. The molecular formula is C18H20N4O2S. The molecule has 1 unspecified atom stereocenters. The van der Waals surface area contributed by atoms with Crippen molar-refractivity contribution >= 4 is 17.2 Å². The Hall–Kier alpha value is -2.51. The molecule has 7 heteroatoms. The summed E-state index contributed by atoms with van der Waals surface area (Å²) >= 11 is 1.60. The zero-order chi connectivity index (χ0) is 18.0. The second-order valence-corrected chi connectivity index (χ2v) is 6.84. The summed E-state index contributed by atoms with van der Waals surface area (Å²) in [6.45, 7) is 4.12. The Labute approximate surface area is 150 Å². The lowest BCUT2D eigenvalue weighted by Gasteiger charge is -2.24. The number of aromatic nitrogens is 2. The smallest absolute Gasteiger partial charge is 0.259 e. The second kappa shape index (κ2) is 7.16. The Bertz CT molecular complexity index is 872. The van der Waals surface area contributed by atoms with E-state index in [9.17, 15) is 4.79 Å². The third-order valence-electron chi connectivity index (χ3n) is 4.20. The predicted molar refractivity (Wildman–Crippen MR) is 97.2 cm³/mol. The van der Waals surface area contributed by atoms with Crippen molar-refractivity contribution in [2.24, 2.45) is 5.73 Å². The van der Waals surface area contributed by atoms with Crippen molar-refractivity contribution in [1.82, 2.24) is 15.0 Å². The molecule has 1 atom stereocenters. The molecule has 0 aliphatic rings. The number of rotatable bonds is 5. The Balaban J connectivity index is 1.86. The zero-order valence-corrected chi connectivity index (χ0v) is 15.2. The number of thiazole rings is 1. The van der Waals surface area contributed by atoms with Crippen molar-refractivity contribution in [1.29, 1.82) is 0 Å². The summed E-state index contributed by atoms with van der Waals surface area (Å²) in [4.78, 5) is 20.1. The van der Waals surface area contributed by atoms with Gasteiger partial charge in [-0.05, 0) is 13.8 Å². The number of aryl methyl sites for hydroxylation is 1. The summed E-state index contributed by atoms with van der Waals surface area (Å²) < 4.78 is 4.89. The molecule has 0 aliphatic heterocycles. The van der Waals surface area contributed by atoms with Crippen LogP contribution in [0.3, 0.4) is 0 Å². The number of carbonyl (C=O) groups excluding carboxylic acids is 1. The number of amides is 1. The van der Waals surface area contributed by atoms with Crippen molar-refractivity contribution in [3.8, 4) is 10.6 Å². The van der Waals surface area contributed by atoms with Crippen LogP contribution in [0.1, 0.15) is 39.6 Å². The van der Waals surface area contributed by atoms with Gasteiger partial charge in [0.1, 0.15) is 22.5 Å². The lowest BCUT2D eigenvalue weighted by atomic mass is 10.1. The largest absolute Gasteiger partial charge is 0.364 e. The number of nitrogens with two attached hydrogens (primary N) is 1. The summed E-state index contributed by atoms with van der Waals surface area (Å²) in [5.74, 6) is -0.164. The molecule has 0 saturated carbocycles. The van der Waals surface area contributed by atoms with E-state index >= 15 is 0 Å². The third kappa shape index (κ3) is 3.33. The molecule has 3 rings (SSSR count). The third-order valence-corrected chi connectivity index (χ3v) is 5.58. The molecule has 0 radical (unpaired) electrons. The quantitative estimate of drug-likeness (QED) is 0.757. The van der Waals surface area contributed by atoms with Gasteiger partial charge in [-0.3, -0.25) is 4.79 Å². The molecule has 1 aromatic carbocycles. The van der Waals surface area contributed by atoms with E-state index in [1.165, 1.54) is 6.26 Å². The van der Waals surface area contributed by atoms with Gasteiger partial charge in [0.25, 0.3) is 5.91 Å². The second-order valence-electron chi connectivity index (χ2n) is 5.81. The summed E-state index contributed by atoms with van der Waals surface area (Å²) in [6.07, 6.45) is 1.35. The van der Waals surface area contributed by atoms with Crippen molar-refractivity contribution in [2.75, 3.05) is 7.05 Å². The van der Waals surface area contributed by atoms with Crippen LogP contribution in [0.25, 0.3) is 10.6 Å². The first-order chi connectivity index (χ1) is 12.0. The molecule has 6 nitrogen and oxygen atoms in total. The lowest BCUT2D eigenvalue weighted by Crippen LogP contribution is -2.30. The Morgan fingerprint density at radius 2 is 2.08 bits per heavy atom. The highest BCUT2D eigenvalue weighted by atomic mass is 32.1. The van der Waals surface area contributed by atoms with Crippen LogP contribution in [0.4, 0.5) is 0 Å². The van der Waals surface area contributed by atoms with Crippen LogP contribution >= 0.6 is 11.3 Å². The molecule has 2 N–H and O–H groups in total. The van der Waals surface area contributed by atoms with Crippen LogP contribution < -0.4 is 5.73 Å². The highest BCUT2D eigenvalue weighted by Crippen LogP contribution is 2.34. The molecule has 2 aromatic heterocycles. The van der Waals surface area contributed by atoms with Gasteiger partial charge in [-0.25, -0.2) is 4.98 Å². The minimum Gasteiger partial charge on any atom is -0.364 e. The van der Waals surface area contributed by atoms with Gasteiger partial charge < -0.3 is 15.2 Å². The van der Waals surface area contributed by atoms with Crippen molar-refractivity contribution in [3.05, 3.63) is 58.4 Å². The molecule has 0 bridgehead atoms. The van der Waals surface area contributed by atoms with Crippen LogP contribution in [0, 0.1) is 6.92 Å². The first-order valence-electron chi connectivity index (χ1n) is 7.96.